The first-order valence-electron chi connectivity index (χ1n) is 12.5. The molecular weight excluding hydrogens is 454 g/mol. The third kappa shape index (κ3) is 5.44. The van der Waals surface area contributed by atoms with Crippen molar-refractivity contribution in [1.82, 2.24) is 24.9 Å². The molecule has 34 heavy (non-hydrogen) atoms. The van der Waals surface area contributed by atoms with Crippen molar-refractivity contribution in [1.29, 1.82) is 0 Å². The van der Waals surface area contributed by atoms with Crippen LogP contribution in [-0.4, -0.2) is 75.5 Å². The van der Waals surface area contributed by atoms with Gasteiger partial charge in [-0.2, -0.15) is 0 Å². The highest BCUT2D eigenvalue weighted by Gasteiger charge is 2.36. The van der Waals surface area contributed by atoms with Crippen molar-refractivity contribution < 1.29 is 14.0 Å². The second kappa shape index (κ2) is 10.4. The van der Waals surface area contributed by atoms with Crippen LogP contribution in [0.5, 0.6) is 0 Å². The van der Waals surface area contributed by atoms with E-state index >= 15 is 0 Å². The van der Waals surface area contributed by atoms with E-state index < -0.39 is 0 Å². The van der Waals surface area contributed by atoms with E-state index in [-0.39, 0.29) is 17.9 Å². The van der Waals surface area contributed by atoms with E-state index in [1.807, 2.05) is 28.0 Å². The molecule has 5 rings (SSSR count). The van der Waals surface area contributed by atoms with Crippen LogP contribution in [0, 0.1) is 5.92 Å². The molecule has 1 aromatic heterocycles. The van der Waals surface area contributed by atoms with E-state index in [0.717, 1.165) is 64.7 Å². The average molecular weight is 486 g/mol. The lowest BCUT2D eigenvalue weighted by atomic mass is 9.94. The minimum atomic E-state index is 0.0841. The Bertz CT molecular complexity index is 1010. The summed E-state index contributed by atoms with van der Waals surface area (Å²) in [5.41, 5.74) is 0.689. The number of benzene rings is 1. The van der Waals surface area contributed by atoms with Crippen LogP contribution in [0.2, 0.25) is 5.02 Å². The number of piperidine rings is 2. The number of hydrogen-bond donors (Lipinski definition) is 0. The predicted molar refractivity (Wildman–Crippen MR) is 128 cm³/mol. The molecule has 9 heteroatoms. The molecule has 2 saturated heterocycles. The predicted octanol–water partition coefficient (Wildman–Crippen LogP) is 3.61. The van der Waals surface area contributed by atoms with Crippen molar-refractivity contribution >= 4 is 23.4 Å². The third-order valence-electron chi connectivity index (χ3n) is 7.15. The first-order valence-corrected chi connectivity index (χ1v) is 12.8. The summed E-state index contributed by atoms with van der Waals surface area (Å²) in [6, 6.07) is 7.58. The molecule has 0 spiro atoms. The van der Waals surface area contributed by atoms with Gasteiger partial charge < -0.3 is 14.2 Å². The summed E-state index contributed by atoms with van der Waals surface area (Å²) >= 11 is 6.25. The topological polar surface area (TPSA) is 82.8 Å². The summed E-state index contributed by atoms with van der Waals surface area (Å²) in [6.45, 7) is 4.05. The summed E-state index contributed by atoms with van der Waals surface area (Å²) in [5, 5.41) is 8.85. The Hall–Kier alpha value is -2.45. The van der Waals surface area contributed by atoms with Crippen molar-refractivity contribution in [2.75, 3.05) is 32.7 Å². The van der Waals surface area contributed by atoms with Gasteiger partial charge in [0.25, 0.3) is 0 Å². The molecule has 0 bridgehead atoms. The number of carbonyl (C=O) groups excluding carboxylic acids is 2. The van der Waals surface area contributed by atoms with Crippen molar-refractivity contribution in [3.8, 4) is 11.5 Å². The van der Waals surface area contributed by atoms with E-state index in [0.29, 0.717) is 41.4 Å². The number of rotatable bonds is 7. The van der Waals surface area contributed by atoms with Crippen LogP contribution < -0.4 is 0 Å². The molecule has 2 amide bonds. The van der Waals surface area contributed by atoms with E-state index in [2.05, 4.69) is 15.1 Å². The number of hydrogen-bond acceptors (Lipinski definition) is 6. The molecule has 8 nitrogen and oxygen atoms in total. The third-order valence-corrected chi connectivity index (χ3v) is 7.48. The van der Waals surface area contributed by atoms with Gasteiger partial charge in [0.05, 0.1) is 23.7 Å². The maximum absolute atomic E-state index is 13.2. The van der Waals surface area contributed by atoms with Gasteiger partial charge in [-0.05, 0) is 70.2 Å². The van der Waals surface area contributed by atoms with E-state index in [4.69, 9.17) is 16.0 Å². The first kappa shape index (κ1) is 23.3. The monoisotopic (exact) mass is 485 g/mol. The number of amides is 2. The lowest BCUT2D eigenvalue weighted by Gasteiger charge is -2.36. The van der Waals surface area contributed by atoms with Gasteiger partial charge >= 0.3 is 0 Å². The van der Waals surface area contributed by atoms with E-state index in [1.54, 1.807) is 6.07 Å². The number of carbonyl (C=O) groups is 2. The van der Waals surface area contributed by atoms with Crippen LogP contribution in [0.25, 0.3) is 11.5 Å². The van der Waals surface area contributed by atoms with Crippen molar-refractivity contribution in [2.45, 2.75) is 57.5 Å². The smallest absolute Gasteiger partial charge is 0.249 e. The van der Waals surface area contributed by atoms with Crippen LogP contribution in [0.4, 0.5) is 0 Å². The normalized spacial score (nSPS) is 19.9. The molecular formula is C25H32ClN5O3. The van der Waals surface area contributed by atoms with Crippen LogP contribution in [0.15, 0.2) is 28.7 Å². The van der Waals surface area contributed by atoms with Gasteiger partial charge in [-0.1, -0.05) is 23.7 Å². The summed E-state index contributed by atoms with van der Waals surface area (Å²) in [4.78, 5) is 32.1. The fourth-order valence-corrected chi connectivity index (χ4v) is 5.22. The van der Waals surface area contributed by atoms with Gasteiger partial charge in [0, 0.05) is 25.0 Å². The maximum atomic E-state index is 13.2. The Morgan fingerprint density at radius 2 is 1.74 bits per heavy atom. The summed E-state index contributed by atoms with van der Waals surface area (Å²) in [7, 11) is 0. The minimum absolute atomic E-state index is 0.0841. The molecule has 0 unspecified atom stereocenters. The number of aromatic nitrogens is 2. The van der Waals surface area contributed by atoms with Crippen LogP contribution in [0.3, 0.4) is 0 Å². The molecule has 1 aliphatic carbocycles. The Kier molecular flexibility index (Phi) is 7.15. The largest absolute Gasteiger partial charge is 0.419 e. The summed E-state index contributed by atoms with van der Waals surface area (Å²) < 4.78 is 5.84. The fourth-order valence-electron chi connectivity index (χ4n) is 5.01. The number of likely N-dealkylation sites (tertiary alicyclic amines) is 2. The molecule has 3 fully saturated rings. The van der Waals surface area contributed by atoms with Crippen molar-refractivity contribution in [3.63, 3.8) is 0 Å². The fraction of sp³-hybridized carbons (Fsp3) is 0.600. The van der Waals surface area contributed by atoms with E-state index in [9.17, 15) is 9.59 Å². The highest BCUT2D eigenvalue weighted by Crippen LogP contribution is 2.31. The van der Waals surface area contributed by atoms with Gasteiger partial charge in [-0.15, -0.1) is 10.2 Å². The first-order chi connectivity index (χ1) is 16.6. The van der Waals surface area contributed by atoms with Gasteiger partial charge in [0.2, 0.25) is 23.6 Å². The minimum Gasteiger partial charge on any atom is -0.419 e. The molecule has 0 radical (unpaired) electrons. The quantitative estimate of drug-likeness (QED) is 0.595. The molecule has 1 aromatic carbocycles. The zero-order valence-electron chi connectivity index (χ0n) is 19.5. The SMILES string of the molecule is O=C(C1CCN(CC(=O)N(Cc2nnc(-c3ccccc3Cl)o2)C2CC2)CC1)N1CCCCC1. The molecule has 0 N–H and O–H groups in total. The molecule has 1 saturated carbocycles. The van der Waals surface area contributed by atoms with Crippen LogP contribution in [-0.2, 0) is 16.1 Å². The molecule has 3 aliphatic rings. The summed E-state index contributed by atoms with van der Waals surface area (Å²) in [5.74, 6) is 1.28. The lowest BCUT2D eigenvalue weighted by molar-refractivity contribution is -0.138. The number of nitrogens with zero attached hydrogens (tertiary/aromatic N) is 5. The second-order valence-electron chi connectivity index (χ2n) is 9.67. The Balaban J connectivity index is 1.15. The van der Waals surface area contributed by atoms with E-state index in [1.165, 1.54) is 6.42 Å². The zero-order valence-corrected chi connectivity index (χ0v) is 20.3. The lowest BCUT2D eigenvalue weighted by Crippen LogP contribution is -2.47. The Labute approximate surface area is 205 Å². The van der Waals surface area contributed by atoms with Crippen molar-refractivity contribution in [3.05, 3.63) is 35.2 Å². The van der Waals surface area contributed by atoms with Crippen molar-refractivity contribution in [2.24, 2.45) is 5.92 Å². The molecule has 182 valence electrons. The Morgan fingerprint density at radius 3 is 2.44 bits per heavy atom. The number of halogens is 1. The molecule has 3 heterocycles. The van der Waals surface area contributed by atoms with Crippen LogP contribution >= 0.6 is 11.6 Å². The van der Waals surface area contributed by atoms with Gasteiger partial charge in [-0.25, -0.2) is 0 Å². The highest BCUT2D eigenvalue weighted by atomic mass is 35.5. The standard InChI is InChI=1S/C25H32ClN5O3/c26-21-7-3-2-6-20(21)24-28-27-22(34-24)16-31(19-8-9-19)23(32)17-29-14-10-18(11-15-29)25(33)30-12-4-1-5-13-30/h2-3,6-7,18-19H,1,4-5,8-17H2. The highest BCUT2D eigenvalue weighted by molar-refractivity contribution is 6.33. The van der Waals surface area contributed by atoms with Crippen LogP contribution in [0.1, 0.15) is 50.8 Å². The second-order valence-corrected chi connectivity index (χ2v) is 10.1. The van der Waals surface area contributed by atoms with Gasteiger partial charge in [-0.3, -0.25) is 14.5 Å². The van der Waals surface area contributed by atoms with Gasteiger partial charge in [0.1, 0.15) is 0 Å². The Morgan fingerprint density at radius 1 is 1.00 bits per heavy atom. The van der Waals surface area contributed by atoms with Gasteiger partial charge in [0.15, 0.2) is 0 Å². The average Bonchev–Trinajstić information content (AvgIpc) is 3.61. The zero-order chi connectivity index (χ0) is 23.5. The molecule has 0 atom stereocenters. The molecule has 2 aliphatic heterocycles. The maximum Gasteiger partial charge on any atom is 0.249 e. The molecule has 2 aromatic rings. The summed E-state index contributed by atoms with van der Waals surface area (Å²) in [6.07, 6.45) is 7.14.